The monoisotopic (exact) mass is 207 g/mol. The Balaban J connectivity index is 1.95. The van der Waals surface area contributed by atoms with E-state index in [1.165, 1.54) is 5.56 Å². The van der Waals surface area contributed by atoms with E-state index >= 15 is 0 Å². The molecule has 82 valence electrons. The minimum Gasteiger partial charge on any atom is -0.467 e. The van der Waals surface area contributed by atoms with Crippen LogP contribution in [-0.4, -0.2) is 41.1 Å². The van der Waals surface area contributed by atoms with Crippen LogP contribution in [0.2, 0.25) is 0 Å². The van der Waals surface area contributed by atoms with Crippen molar-refractivity contribution in [1.82, 2.24) is 14.9 Å². The number of methoxy groups -OCH3 is 1. The van der Waals surface area contributed by atoms with Gasteiger partial charge in [0, 0.05) is 37.4 Å². The Morgan fingerprint density at radius 3 is 2.40 bits per heavy atom. The number of hydrogen-bond donors (Lipinski definition) is 0. The zero-order valence-corrected chi connectivity index (χ0v) is 9.47. The van der Waals surface area contributed by atoms with Crippen LogP contribution in [0.1, 0.15) is 25.3 Å². The fourth-order valence-corrected chi connectivity index (χ4v) is 1.79. The standard InChI is InChI=1S/C11H17N3O/c1-8(2)14-6-10(7-14)9-4-12-11(15-3)13-5-9/h4-5,8,10H,6-7H2,1-3H3. The Labute approximate surface area is 90.3 Å². The van der Waals surface area contributed by atoms with E-state index in [-0.39, 0.29) is 0 Å². The molecule has 1 aliphatic rings. The summed E-state index contributed by atoms with van der Waals surface area (Å²) in [7, 11) is 1.58. The smallest absolute Gasteiger partial charge is 0.316 e. The number of nitrogens with zero attached hydrogens (tertiary/aromatic N) is 3. The van der Waals surface area contributed by atoms with Gasteiger partial charge in [0.2, 0.25) is 0 Å². The van der Waals surface area contributed by atoms with Crippen LogP contribution >= 0.6 is 0 Å². The van der Waals surface area contributed by atoms with Crippen molar-refractivity contribution in [3.05, 3.63) is 18.0 Å². The molecule has 0 radical (unpaired) electrons. The molecule has 0 aliphatic carbocycles. The minimum absolute atomic E-state index is 0.443. The number of likely N-dealkylation sites (tertiary alicyclic amines) is 1. The zero-order valence-electron chi connectivity index (χ0n) is 9.47. The molecule has 0 saturated carbocycles. The summed E-state index contributed by atoms with van der Waals surface area (Å²) in [5.74, 6) is 0.596. The normalized spacial score (nSPS) is 17.9. The van der Waals surface area contributed by atoms with Gasteiger partial charge in [0.05, 0.1) is 7.11 Å². The highest BCUT2D eigenvalue weighted by Crippen LogP contribution is 2.27. The molecular weight excluding hydrogens is 190 g/mol. The minimum atomic E-state index is 0.443. The van der Waals surface area contributed by atoms with Crippen LogP contribution in [0.3, 0.4) is 0 Å². The maximum Gasteiger partial charge on any atom is 0.316 e. The first-order valence-corrected chi connectivity index (χ1v) is 5.30. The number of hydrogen-bond acceptors (Lipinski definition) is 4. The molecule has 1 aromatic heterocycles. The van der Waals surface area contributed by atoms with Gasteiger partial charge in [-0.2, -0.15) is 0 Å². The first-order valence-electron chi connectivity index (χ1n) is 5.30. The molecule has 15 heavy (non-hydrogen) atoms. The summed E-state index contributed by atoms with van der Waals surface area (Å²) < 4.78 is 4.93. The van der Waals surface area contributed by atoms with Gasteiger partial charge < -0.3 is 4.74 Å². The lowest BCUT2D eigenvalue weighted by Gasteiger charge is -2.42. The van der Waals surface area contributed by atoms with E-state index in [2.05, 4.69) is 28.7 Å². The zero-order chi connectivity index (χ0) is 10.8. The van der Waals surface area contributed by atoms with Crippen molar-refractivity contribution in [3.63, 3.8) is 0 Å². The molecule has 0 aromatic carbocycles. The second-order valence-electron chi connectivity index (χ2n) is 4.25. The highest BCUT2D eigenvalue weighted by Gasteiger charge is 2.29. The average Bonchev–Trinajstić information content (AvgIpc) is 2.16. The van der Waals surface area contributed by atoms with Gasteiger partial charge >= 0.3 is 6.01 Å². The van der Waals surface area contributed by atoms with Gasteiger partial charge in [-0.1, -0.05) is 0 Å². The van der Waals surface area contributed by atoms with E-state index in [0.717, 1.165) is 13.1 Å². The third-order valence-corrected chi connectivity index (χ3v) is 2.94. The SMILES string of the molecule is COc1ncc(C2CN(C(C)C)C2)cn1. The second-order valence-corrected chi connectivity index (χ2v) is 4.25. The summed E-state index contributed by atoms with van der Waals surface area (Å²) >= 11 is 0. The summed E-state index contributed by atoms with van der Waals surface area (Å²) in [5, 5.41) is 0. The molecule has 0 spiro atoms. The molecular formula is C11H17N3O. The summed E-state index contributed by atoms with van der Waals surface area (Å²) in [6.45, 7) is 6.68. The topological polar surface area (TPSA) is 38.2 Å². The molecule has 4 heteroatoms. The molecule has 0 N–H and O–H groups in total. The molecule has 2 rings (SSSR count). The molecule has 1 saturated heterocycles. The van der Waals surface area contributed by atoms with E-state index in [9.17, 15) is 0 Å². The summed E-state index contributed by atoms with van der Waals surface area (Å²) in [6, 6.07) is 1.08. The number of ether oxygens (including phenoxy) is 1. The highest BCUT2D eigenvalue weighted by molar-refractivity contribution is 5.17. The van der Waals surface area contributed by atoms with Crippen molar-refractivity contribution in [2.24, 2.45) is 0 Å². The van der Waals surface area contributed by atoms with Gasteiger partial charge in [-0.3, -0.25) is 4.90 Å². The van der Waals surface area contributed by atoms with Crippen molar-refractivity contribution >= 4 is 0 Å². The highest BCUT2D eigenvalue weighted by atomic mass is 16.5. The number of aromatic nitrogens is 2. The quantitative estimate of drug-likeness (QED) is 0.748. The van der Waals surface area contributed by atoms with Crippen LogP contribution in [0.25, 0.3) is 0 Å². The Kier molecular flexibility index (Phi) is 2.86. The first kappa shape index (κ1) is 10.4. The van der Waals surface area contributed by atoms with Crippen LogP contribution < -0.4 is 4.74 Å². The van der Waals surface area contributed by atoms with Crippen LogP contribution in [0, 0.1) is 0 Å². The van der Waals surface area contributed by atoms with E-state index in [0.29, 0.717) is 18.0 Å². The predicted octanol–water partition coefficient (Wildman–Crippen LogP) is 1.29. The third kappa shape index (κ3) is 2.09. The maximum atomic E-state index is 4.93. The van der Waals surface area contributed by atoms with Crippen molar-refractivity contribution < 1.29 is 4.74 Å². The summed E-state index contributed by atoms with van der Waals surface area (Å²) in [5.41, 5.74) is 1.22. The Morgan fingerprint density at radius 2 is 1.93 bits per heavy atom. The predicted molar refractivity (Wildman–Crippen MR) is 58.0 cm³/mol. The average molecular weight is 207 g/mol. The molecule has 4 nitrogen and oxygen atoms in total. The van der Waals surface area contributed by atoms with E-state index in [1.807, 2.05) is 12.4 Å². The van der Waals surface area contributed by atoms with Crippen molar-refractivity contribution in [2.75, 3.05) is 20.2 Å². The van der Waals surface area contributed by atoms with E-state index in [1.54, 1.807) is 7.11 Å². The largest absolute Gasteiger partial charge is 0.467 e. The molecule has 1 fully saturated rings. The lowest BCUT2D eigenvalue weighted by atomic mass is 9.92. The van der Waals surface area contributed by atoms with Crippen molar-refractivity contribution in [2.45, 2.75) is 25.8 Å². The second kappa shape index (κ2) is 4.14. The lowest BCUT2D eigenvalue weighted by molar-refractivity contribution is 0.109. The maximum absolute atomic E-state index is 4.93. The lowest BCUT2D eigenvalue weighted by Crippen LogP contribution is -2.48. The molecule has 2 heterocycles. The van der Waals surface area contributed by atoms with Gasteiger partial charge in [-0.25, -0.2) is 9.97 Å². The van der Waals surface area contributed by atoms with Crippen LogP contribution in [-0.2, 0) is 0 Å². The van der Waals surface area contributed by atoms with Crippen LogP contribution in [0.15, 0.2) is 12.4 Å². The first-order chi connectivity index (χ1) is 7.20. The van der Waals surface area contributed by atoms with Gasteiger partial charge in [-0.05, 0) is 19.4 Å². The molecule has 0 unspecified atom stereocenters. The van der Waals surface area contributed by atoms with E-state index in [4.69, 9.17) is 4.74 Å². The summed E-state index contributed by atoms with van der Waals surface area (Å²) in [4.78, 5) is 10.7. The Morgan fingerprint density at radius 1 is 1.33 bits per heavy atom. The Hall–Kier alpha value is -1.16. The molecule has 0 atom stereocenters. The molecule has 1 aliphatic heterocycles. The van der Waals surface area contributed by atoms with E-state index < -0.39 is 0 Å². The van der Waals surface area contributed by atoms with Crippen molar-refractivity contribution in [3.8, 4) is 6.01 Å². The summed E-state index contributed by atoms with van der Waals surface area (Å²) in [6.07, 6.45) is 3.74. The van der Waals surface area contributed by atoms with Crippen LogP contribution in [0.5, 0.6) is 6.01 Å². The fourth-order valence-electron chi connectivity index (χ4n) is 1.79. The van der Waals surface area contributed by atoms with Gasteiger partial charge in [0.25, 0.3) is 0 Å². The third-order valence-electron chi connectivity index (χ3n) is 2.94. The van der Waals surface area contributed by atoms with Crippen molar-refractivity contribution in [1.29, 1.82) is 0 Å². The van der Waals surface area contributed by atoms with Gasteiger partial charge in [0.15, 0.2) is 0 Å². The van der Waals surface area contributed by atoms with Gasteiger partial charge in [0.1, 0.15) is 0 Å². The molecule has 1 aromatic rings. The Bertz CT molecular complexity index is 317. The number of rotatable bonds is 3. The molecule has 0 bridgehead atoms. The fraction of sp³-hybridized carbons (Fsp3) is 0.636. The molecule has 0 amide bonds. The van der Waals surface area contributed by atoms with Crippen LogP contribution in [0.4, 0.5) is 0 Å². The van der Waals surface area contributed by atoms with Gasteiger partial charge in [-0.15, -0.1) is 0 Å².